The van der Waals surface area contributed by atoms with Crippen molar-refractivity contribution in [1.29, 1.82) is 5.26 Å². The summed E-state index contributed by atoms with van der Waals surface area (Å²) in [6.45, 7) is 3.49. The number of nitriles is 1. The van der Waals surface area contributed by atoms with Crippen molar-refractivity contribution < 1.29 is 5.11 Å². The van der Waals surface area contributed by atoms with Gasteiger partial charge in [0.25, 0.3) is 0 Å². The van der Waals surface area contributed by atoms with Crippen LogP contribution in [0.1, 0.15) is 0 Å². The Kier molecular flexibility index (Phi) is 3.30. The zero-order valence-electron chi connectivity index (χ0n) is 6.45. The maximum Gasteiger partial charge on any atom is 0.121 e. The number of piperazine rings is 1. The molecule has 1 unspecified atom stereocenters. The van der Waals surface area contributed by atoms with Crippen LogP contribution in [0.2, 0.25) is 0 Å². The molecule has 0 bridgehead atoms. The number of aliphatic hydroxyl groups is 1. The van der Waals surface area contributed by atoms with E-state index in [9.17, 15) is 0 Å². The lowest BCUT2D eigenvalue weighted by Crippen LogP contribution is -2.49. The van der Waals surface area contributed by atoms with Crippen molar-refractivity contribution in [3.8, 4) is 6.07 Å². The second-order valence-corrected chi connectivity index (χ2v) is 2.61. The van der Waals surface area contributed by atoms with Gasteiger partial charge in [-0.05, 0) is 0 Å². The monoisotopic (exact) mass is 155 g/mol. The normalized spacial score (nSPS) is 22.5. The molecule has 0 radical (unpaired) electrons. The van der Waals surface area contributed by atoms with Gasteiger partial charge in [-0.15, -0.1) is 0 Å². The molecule has 1 atom stereocenters. The first kappa shape index (κ1) is 8.47. The van der Waals surface area contributed by atoms with Crippen LogP contribution >= 0.6 is 0 Å². The van der Waals surface area contributed by atoms with Gasteiger partial charge >= 0.3 is 0 Å². The van der Waals surface area contributed by atoms with E-state index < -0.39 is 0 Å². The number of aliphatic hydroxyl groups excluding tert-OH is 1. The van der Waals surface area contributed by atoms with E-state index in [2.05, 4.69) is 11.4 Å². The molecule has 0 aromatic heterocycles. The van der Waals surface area contributed by atoms with E-state index in [-0.39, 0.29) is 12.6 Å². The molecule has 0 aromatic carbocycles. The average Bonchev–Trinajstić information content (AvgIpc) is 2.09. The fourth-order valence-corrected chi connectivity index (χ4v) is 1.23. The minimum atomic E-state index is -0.308. The SMILES string of the molecule is N#CC(CO)N1CCNCC1. The Morgan fingerprint density at radius 3 is 2.64 bits per heavy atom. The molecule has 1 rings (SSSR count). The molecule has 1 saturated heterocycles. The van der Waals surface area contributed by atoms with Gasteiger partial charge in [-0.2, -0.15) is 5.26 Å². The third-order valence-corrected chi connectivity index (χ3v) is 1.91. The summed E-state index contributed by atoms with van der Waals surface area (Å²) in [6.07, 6.45) is 0. The maximum atomic E-state index is 8.79. The van der Waals surface area contributed by atoms with Crippen LogP contribution in [0, 0.1) is 11.3 Å². The zero-order chi connectivity index (χ0) is 8.10. The lowest BCUT2D eigenvalue weighted by Gasteiger charge is -2.29. The van der Waals surface area contributed by atoms with Crippen LogP contribution in [0.5, 0.6) is 0 Å². The standard InChI is InChI=1S/C7H13N3O/c8-5-7(6-11)10-3-1-9-2-4-10/h7,9,11H,1-4,6H2. The summed E-state index contributed by atoms with van der Waals surface area (Å²) in [4.78, 5) is 2.00. The number of rotatable bonds is 2. The second-order valence-electron chi connectivity index (χ2n) is 2.61. The van der Waals surface area contributed by atoms with E-state index in [1.165, 1.54) is 0 Å². The molecule has 2 N–H and O–H groups in total. The largest absolute Gasteiger partial charge is 0.394 e. The van der Waals surface area contributed by atoms with Crippen LogP contribution < -0.4 is 5.32 Å². The smallest absolute Gasteiger partial charge is 0.121 e. The summed E-state index contributed by atoms with van der Waals surface area (Å²) < 4.78 is 0. The molecule has 4 nitrogen and oxygen atoms in total. The molecule has 1 heterocycles. The van der Waals surface area contributed by atoms with E-state index in [1.807, 2.05) is 4.90 Å². The Balaban J connectivity index is 2.38. The van der Waals surface area contributed by atoms with Crippen molar-refractivity contribution in [3.63, 3.8) is 0 Å². The predicted octanol–water partition coefficient (Wildman–Crippen LogP) is -1.22. The highest BCUT2D eigenvalue weighted by Gasteiger charge is 2.18. The lowest BCUT2D eigenvalue weighted by molar-refractivity contribution is 0.142. The number of nitrogens with zero attached hydrogens (tertiary/aromatic N) is 2. The van der Waals surface area contributed by atoms with Crippen LogP contribution in [-0.4, -0.2) is 48.8 Å². The molecule has 0 spiro atoms. The van der Waals surface area contributed by atoms with Gasteiger partial charge in [-0.1, -0.05) is 0 Å². The first-order valence-corrected chi connectivity index (χ1v) is 3.83. The second kappa shape index (κ2) is 4.29. The van der Waals surface area contributed by atoms with Crippen molar-refractivity contribution in [1.82, 2.24) is 10.2 Å². The number of hydrogen-bond acceptors (Lipinski definition) is 4. The van der Waals surface area contributed by atoms with E-state index >= 15 is 0 Å². The fraction of sp³-hybridized carbons (Fsp3) is 0.857. The molecule has 0 saturated carbocycles. The Hall–Kier alpha value is -0.630. The summed E-state index contributed by atoms with van der Waals surface area (Å²) >= 11 is 0. The molecule has 4 heteroatoms. The number of nitrogens with one attached hydrogen (secondary N) is 1. The molecule has 0 aliphatic carbocycles. The molecule has 0 amide bonds. The summed E-state index contributed by atoms with van der Waals surface area (Å²) in [6, 6.07) is 1.76. The van der Waals surface area contributed by atoms with Gasteiger partial charge in [0.1, 0.15) is 6.04 Å². The van der Waals surface area contributed by atoms with Gasteiger partial charge < -0.3 is 10.4 Å². The van der Waals surface area contributed by atoms with Gasteiger partial charge in [0, 0.05) is 26.2 Å². The Bertz CT molecular complexity index is 148. The van der Waals surface area contributed by atoms with Crippen LogP contribution in [0.25, 0.3) is 0 Å². The third kappa shape index (κ3) is 2.15. The molecule has 1 aliphatic heterocycles. The van der Waals surface area contributed by atoms with E-state index in [0.29, 0.717) is 0 Å². The molecule has 1 fully saturated rings. The fourth-order valence-electron chi connectivity index (χ4n) is 1.23. The van der Waals surface area contributed by atoms with E-state index in [1.54, 1.807) is 0 Å². The topological polar surface area (TPSA) is 59.3 Å². The molecule has 1 aliphatic rings. The Morgan fingerprint density at radius 1 is 1.55 bits per heavy atom. The first-order valence-electron chi connectivity index (χ1n) is 3.83. The van der Waals surface area contributed by atoms with Gasteiger partial charge in [0.15, 0.2) is 0 Å². The Labute approximate surface area is 66.4 Å². The van der Waals surface area contributed by atoms with E-state index in [0.717, 1.165) is 26.2 Å². The van der Waals surface area contributed by atoms with Gasteiger partial charge in [-0.25, -0.2) is 0 Å². The summed E-state index contributed by atoms with van der Waals surface area (Å²) in [7, 11) is 0. The highest BCUT2D eigenvalue weighted by atomic mass is 16.3. The highest BCUT2D eigenvalue weighted by molar-refractivity contribution is 4.92. The van der Waals surface area contributed by atoms with Gasteiger partial charge in [0.05, 0.1) is 12.7 Å². The quantitative estimate of drug-likeness (QED) is 0.524. The molecule has 11 heavy (non-hydrogen) atoms. The maximum absolute atomic E-state index is 8.79. The highest BCUT2D eigenvalue weighted by Crippen LogP contribution is 1.98. The van der Waals surface area contributed by atoms with Crippen molar-refractivity contribution in [2.75, 3.05) is 32.8 Å². The molecular formula is C7H13N3O. The predicted molar refractivity (Wildman–Crippen MR) is 40.9 cm³/mol. The van der Waals surface area contributed by atoms with Gasteiger partial charge in [0.2, 0.25) is 0 Å². The number of hydrogen-bond donors (Lipinski definition) is 2. The van der Waals surface area contributed by atoms with Crippen molar-refractivity contribution in [3.05, 3.63) is 0 Å². The van der Waals surface area contributed by atoms with Crippen molar-refractivity contribution >= 4 is 0 Å². The molecule has 62 valence electrons. The van der Waals surface area contributed by atoms with Crippen LogP contribution in [0.15, 0.2) is 0 Å². The van der Waals surface area contributed by atoms with E-state index in [4.69, 9.17) is 10.4 Å². The van der Waals surface area contributed by atoms with Gasteiger partial charge in [-0.3, -0.25) is 4.90 Å². The summed E-state index contributed by atoms with van der Waals surface area (Å²) in [5.41, 5.74) is 0. The van der Waals surface area contributed by atoms with Crippen LogP contribution in [0.4, 0.5) is 0 Å². The van der Waals surface area contributed by atoms with Crippen molar-refractivity contribution in [2.45, 2.75) is 6.04 Å². The summed E-state index contributed by atoms with van der Waals surface area (Å²) in [5, 5.41) is 20.6. The van der Waals surface area contributed by atoms with Crippen molar-refractivity contribution in [2.24, 2.45) is 0 Å². The minimum absolute atomic E-state index is 0.0590. The molecular weight excluding hydrogens is 142 g/mol. The van der Waals surface area contributed by atoms with Crippen LogP contribution in [-0.2, 0) is 0 Å². The lowest BCUT2D eigenvalue weighted by atomic mass is 10.2. The Morgan fingerprint density at radius 2 is 2.18 bits per heavy atom. The minimum Gasteiger partial charge on any atom is -0.394 e. The third-order valence-electron chi connectivity index (χ3n) is 1.91. The first-order chi connectivity index (χ1) is 5.38. The summed E-state index contributed by atoms with van der Waals surface area (Å²) in [5.74, 6) is 0. The zero-order valence-corrected chi connectivity index (χ0v) is 6.45. The molecule has 0 aromatic rings. The average molecular weight is 155 g/mol. The van der Waals surface area contributed by atoms with Crippen LogP contribution in [0.3, 0.4) is 0 Å².